The molecule has 17 heavy (non-hydrogen) atoms. The van der Waals surface area contributed by atoms with Crippen LogP contribution in [0.2, 0.25) is 0 Å². The molecule has 0 radical (unpaired) electrons. The van der Waals surface area contributed by atoms with Crippen molar-refractivity contribution in [3.05, 3.63) is 0 Å². The van der Waals surface area contributed by atoms with E-state index in [-0.39, 0.29) is 23.7 Å². The van der Waals surface area contributed by atoms with E-state index >= 15 is 0 Å². The average Bonchev–Trinajstić information content (AvgIpc) is 2.73. The highest BCUT2D eigenvalue weighted by Gasteiger charge is 2.49. The zero-order valence-corrected chi connectivity index (χ0v) is 10.1. The molecule has 2 atom stereocenters. The van der Waals surface area contributed by atoms with Crippen LogP contribution in [0.3, 0.4) is 0 Å². The Labute approximate surface area is 102 Å². The summed E-state index contributed by atoms with van der Waals surface area (Å²) in [5.41, 5.74) is 4.83. The van der Waals surface area contributed by atoms with E-state index in [1.165, 1.54) is 6.42 Å². The molecular formula is C12H21N3O2. The summed E-state index contributed by atoms with van der Waals surface area (Å²) in [6, 6.07) is 0. The van der Waals surface area contributed by atoms with Crippen LogP contribution in [0.4, 0.5) is 0 Å². The number of nitrogens with one attached hydrogen (secondary N) is 2. The molecule has 4 N–H and O–H groups in total. The highest BCUT2D eigenvalue weighted by Crippen LogP contribution is 2.43. The van der Waals surface area contributed by atoms with Crippen molar-refractivity contribution in [1.29, 1.82) is 0 Å². The lowest BCUT2D eigenvalue weighted by Crippen LogP contribution is -2.48. The Hall–Kier alpha value is -1.10. The van der Waals surface area contributed by atoms with E-state index in [0.717, 1.165) is 32.4 Å². The van der Waals surface area contributed by atoms with Gasteiger partial charge in [-0.25, -0.2) is 0 Å². The van der Waals surface area contributed by atoms with Gasteiger partial charge >= 0.3 is 0 Å². The Balaban J connectivity index is 1.94. The fourth-order valence-corrected chi connectivity index (χ4v) is 3.17. The van der Waals surface area contributed by atoms with Crippen LogP contribution in [-0.2, 0) is 9.59 Å². The van der Waals surface area contributed by atoms with Gasteiger partial charge < -0.3 is 16.4 Å². The fourth-order valence-electron chi connectivity index (χ4n) is 3.17. The van der Waals surface area contributed by atoms with Gasteiger partial charge in [-0.15, -0.1) is 0 Å². The van der Waals surface area contributed by atoms with Gasteiger partial charge in [0, 0.05) is 19.5 Å². The summed E-state index contributed by atoms with van der Waals surface area (Å²) in [5, 5.41) is 6.20. The molecule has 0 aromatic heterocycles. The summed E-state index contributed by atoms with van der Waals surface area (Å²) in [7, 11) is 0. The molecule has 0 aromatic carbocycles. The van der Waals surface area contributed by atoms with Crippen molar-refractivity contribution in [2.45, 2.75) is 32.1 Å². The normalized spacial score (nSPS) is 31.9. The molecule has 1 heterocycles. The number of primary amides is 1. The predicted octanol–water partition coefficient (Wildman–Crippen LogP) is -0.242. The Morgan fingerprint density at radius 3 is 3.00 bits per heavy atom. The third-order valence-electron chi connectivity index (χ3n) is 4.15. The molecule has 2 fully saturated rings. The van der Waals surface area contributed by atoms with Gasteiger partial charge in [0.15, 0.2) is 0 Å². The molecule has 5 nitrogen and oxygen atoms in total. The number of hydrogen-bond donors (Lipinski definition) is 3. The third kappa shape index (κ3) is 2.44. The van der Waals surface area contributed by atoms with Crippen LogP contribution in [0, 0.1) is 11.3 Å². The van der Waals surface area contributed by atoms with E-state index in [1.54, 1.807) is 0 Å². The van der Waals surface area contributed by atoms with Crippen molar-refractivity contribution in [3.8, 4) is 0 Å². The summed E-state index contributed by atoms with van der Waals surface area (Å²) < 4.78 is 0. The van der Waals surface area contributed by atoms with Crippen molar-refractivity contribution < 1.29 is 9.59 Å². The highest BCUT2D eigenvalue weighted by molar-refractivity contribution is 5.84. The molecule has 2 amide bonds. The first-order chi connectivity index (χ1) is 8.15. The molecule has 1 saturated heterocycles. The van der Waals surface area contributed by atoms with Gasteiger partial charge in [-0.05, 0) is 25.3 Å². The first-order valence-electron chi connectivity index (χ1n) is 6.42. The maximum absolute atomic E-state index is 12.3. The predicted molar refractivity (Wildman–Crippen MR) is 64.1 cm³/mol. The lowest BCUT2D eigenvalue weighted by molar-refractivity contribution is -0.134. The molecule has 1 saturated carbocycles. The molecule has 5 heteroatoms. The zero-order valence-electron chi connectivity index (χ0n) is 10.1. The Morgan fingerprint density at radius 1 is 1.41 bits per heavy atom. The quantitative estimate of drug-likeness (QED) is 0.633. The third-order valence-corrected chi connectivity index (χ3v) is 4.15. The number of carbonyl (C=O) groups excluding carboxylic acids is 2. The van der Waals surface area contributed by atoms with Gasteiger partial charge in [-0.3, -0.25) is 9.59 Å². The smallest absolute Gasteiger partial charge is 0.227 e. The van der Waals surface area contributed by atoms with Crippen molar-refractivity contribution in [1.82, 2.24) is 10.6 Å². The fraction of sp³-hybridized carbons (Fsp3) is 0.833. The van der Waals surface area contributed by atoms with Crippen LogP contribution in [0.1, 0.15) is 32.1 Å². The maximum Gasteiger partial charge on any atom is 0.227 e. The van der Waals surface area contributed by atoms with Gasteiger partial charge in [0.05, 0.1) is 5.41 Å². The van der Waals surface area contributed by atoms with Crippen LogP contribution in [0.15, 0.2) is 0 Å². The van der Waals surface area contributed by atoms with E-state index in [4.69, 9.17) is 5.73 Å². The van der Waals surface area contributed by atoms with E-state index in [0.29, 0.717) is 12.5 Å². The van der Waals surface area contributed by atoms with Crippen molar-refractivity contribution in [2.24, 2.45) is 17.1 Å². The SMILES string of the molecule is NC(=O)CCNC(=O)[C@@]12CCCC[C@H]1CNC2. The number of amides is 2. The van der Waals surface area contributed by atoms with Crippen molar-refractivity contribution >= 4 is 11.8 Å². The van der Waals surface area contributed by atoms with Crippen LogP contribution in [-0.4, -0.2) is 31.4 Å². The first kappa shape index (κ1) is 12.4. The van der Waals surface area contributed by atoms with Crippen molar-refractivity contribution in [3.63, 3.8) is 0 Å². The molecular weight excluding hydrogens is 218 g/mol. The Morgan fingerprint density at radius 2 is 2.24 bits per heavy atom. The minimum absolute atomic E-state index is 0.105. The molecule has 0 spiro atoms. The molecule has 0 unspecified atom stereocenters. The second kappa shape index (κ2) is 5.04. The summed E-state index contributed by atoms with van der Waals surface area (Å²) >= 11 is 0. The topological polar surface area (TPSA) is 84.2 Å². The summed E-state index contributed by atoms with van der Waals surface area (Å²) in [6.07, 6.45) is 4.67. The van der Waals surface area contributed by atoms with E-state index in [9.17, 15) is 9.59 Å². The molecule has 2 rings (SSSR count). The average molecular weight is 239 g/mol. The minimum Gasteiger partial charge on any atom is -0.370 e. The monoisotopic (exact) mass is 239 g/mol. The maximum atomic E-state index is 12.3. The van der Waals surface area contributed by atoms with Crippen molar-refractivity contribution in [2.75, 3.05) is 19.6 Å². The summed E-state index contributed by atoms with van der Waals surface area (Å²) in [5.74, 6) is 0.200. The lowest BCUT2D eigenvalue weighted by atomic mass is 9.67. The molecule has 2 aliphatic rings. The molecule has 0 bridgehead atoms. The van der Waals surface area contributed by atoms with Crippen LogP contribution >= 0.6 is 0 Å². The second-order valence-electron chi connectivity index (χ2n) is 5.20. The molecule has 0 aromatic rings. The number of carbonyl (C=O) groups is 2. The van der Waals surface area contributed by atoms with Gasteiger partial charge in [0.2, 0.25) is 11.8 Å². The van der Waals surface area contributed by atoms with E-state index in [2.05, 4.69) is 10.6 Å². The van der Waals surface area contributed by atoms with Crippen LogP contribution in [0.5, 0.6) is 0 Å². The Kier molecular flexibility index (Phi) is 3.66. The van der Waals surface area contributed by atoms with Crippen LogP contribution < -0.4 is 16.4 Å². The Bertz CT molecular complexity index is 319. The van der Waals surface area contributed by atoms with Gasteiger partial charge in [0.1, 0.15) is 0 Å². The molecule has 96 valence electrons. The molecule has 1 aliphatic heterocycles. The number of fused-ring (bicyclic) bond motifs is 1. The van der Waals surface area contributed by atoms with E-state index < -0.39 is 0 Å². The van der Waals surface area contributed by atoms with Crippen LogP contribution in [0.25, 0.3) is 0 Å². The largest absolute Gasteiger partial charge is 0.370 e. The molecule has 1 aliphatic carbocycles. The highest BCUT2D eigenvalue weighted by atomic mass is 16.2. The lowest BCUT2D eigenvalue weighted by Gasteiger charge is -2.37. The van der Waals surface area contributed by atoms with Gasteiger partial charge in [0.25, 0.3) is 0 Å². The van der Waals surface area contributed by atoms with E-state index in [1.807, 2.05) is 0 Å². The minimum atomic E-state index is -0.368. The second-order valence-corrected chi connectivity index (χ2v) is 5.20. The summed E-state index contributed by atoms with van der Waals surface area (Å²) in [6.45, 7) is 2.09. The van der Waals surface area contributed by atoms with Gasteiger partial charge in [-0.1, -0.05) is 12.8 Å². The summed E-state index contributed by atoms with van der Waals surface area (Å²) in [4.78, 5) is 22.9. The standard InChI is InChI=1S/C12H21N3O2/c13-10(16)4-6-15-11(17)12-5-2-1-3-9(12)7-14-8-12/h9,14H,1-8H2,(H2,13,16)(H,15,17)/t9-,12+/m0/s1. The zero-order chi connectivity index (χ0) is 12.3. The number of nitrogens with two attached hydrogens (primary N) is 1. The first-order valence-corrected chi connectivity index (χ1v) is 6.42. The van der Waals surface area contributed by atoms with Gasteiger partial charge in [-0.2, -0.15) is 0 Å². The number of hydrogen-bond acceptors (Lipinski definition) is 3. The number of rotatable bonds is 4.